The van der Waals surface area contributed by atoms with E-state index in [1.54, 1.807) is 12.0 Å². The van der Waals surface area contributed by atoms with E-state index >= 15 is 0 Å². The maximum absolute atomic E-state index is 13.4. The van der Waals surface area contributed by atoms with Crippen LogP contribution in [0.5, 0.6) is 5.75 Å². The standard InChI is InChI=1S/C18H17ClF2N2O2/c1-25-17-5-3-2-4-16(17)22-6-8-23(9-7-22)18(24)12-10-14(20)15(21)11-13(12)19/h2-5,10-11H,6-9H2,1H3. The molecule has 0 radical (unpaired) electrons. The van der Waals surface area contributed by atoms with Gasteiger partial charge in [-0.2, -0.15) is 0 Å². The maximum atomic E-state index is 13.4. The Morgan fingerprint density at radius 1 is 1.08 bits per heavy atom. The van der Waals surface area contributed by atoms with E-state index in [-0.39, 0.29) is 10.6 Å². The summed E-state index contributed by atoms with van der Waals surface area (Å²) in [6.07, 6.45) is 0. The average molecular weight is 367 g/mol. The molecule has 0 N–H and O–H groups in total. The molecule has 1 amide bonds. The molecule has 1 heterocycles. The number of benzene rings is 2. The largest absolute Gasteiger partial charge is 0.495 e. The van der Waals surface area contributed by atoms with E-state index in [1.807, 2.05) is 24.3 Å². The molecule has 0 aliphatic carbocycles. The number of carbonyl (C=O) groups is 1. The Balaban J connectivity index is 1.72. The molecule has 2 aromatic carbocycles. The maximum Gasteiger partial charge on any atom is 0.255 e. The number of hydrogen-bond acceptors (Lipinski definition) is 3. The topological polar surface area (TPSA) is 32.8 Å². The van der Waals surface area contributed by atoms with Crippen LogP contribution in [0.15, 0.2) is 36.4 Å². The van der Waals surface area contributed by atoms with E-state index in [2.05, 4.69) is 4.90 Å². The first-order valence-electron chi connectivity index (χ1n) is 7.83. The molecular formula is C18H17ClF2N2O2. The van der Waals surface area contributed by atoms with Gasteiger partial charge < -0.3 is 14.5 Å². The van der Waals surface area contributed by atoms with Crippen LogP contribution in [0.2, 0.25) is 5.02 Å². The van der Waals surface area contributed by atoms with Gasteiger partial charge in [-0.25, -0.2) is 8.78 Å². The zero-order valence-corrected chi connectivity index (χ0v) is 14.4. The third kappa shape index (κ3) is 3.54. The van der Waals surface area contributed by atoms with Crippen molar-refractivity contribution < 1.29 is 18.3 Å². The number of ether oxygens (including phenoxy) is 1. The molecule has 1 aliphatic rings. The van der Waals surface area contributed by atoms with Crippen molar-refractivity contribution in [2.24, 2.45) is 0 Å². The van der Waals surface area contributed by atoms with Crippen molar-refractivity contribution >= 4 is 23.2 Å². The van der Waals surface area contributed by atoms with Crippen LogP contribution < -0.4 is 9.64 Å². The molecular weight excluding hydrogens is 350 g/mol. The number of para-hydroxylation sites is 2. The van der Waals surface area contributed by atoms with E-state index < -0.39 is 17.5 Å². The fourth-order valence-electron chi connectivity index (χ4n) is 2.90. The molecule has 1 fully saturated rings. The third-order valence-electron chi connectivity index (χ3n) is 4.23. The molecule has 0 spiro atoms. The first-order chi connectivity index (χ1) is 12.0. The van der Waals surface area contributed by atoms with Crippen LogP contribution in [0.1, 0.15) is 10.4 Å². The Kier molecular flexibility index (Phi) is 5.08. The number of rotatable bonds is 3. The molecule has 0 bridgehead atoms. The summed E-state index contributed by atoms with van der Waals surface area (Å²) >= 11 is 5.90. The molecule has 7 heteroatoms. The van der Waals surface area contributed by atoms with E-state index in [0.29, 0.717) is 26.2 Å². The van der Waals surface area contributed by atoms with Crippen molar-refractivity contribution in [2.45, 2.75) is 0 Å². The molecule has 1 saturated heterocycles. The molecule has 0 unspecified atom stereocenters. The van der Waals surface area contributed by atoms with E-state index in [0.717, 1.165) is 23.6 Å². The third-order valence-corrected chi connectivity index (χ3v) is 4.55. The number of piperazine rings is 1. The second-order valence-electron chi connectivity index (χ2n) is 5.70. The monoisotopic (exact) mass is 366 g/mol. The SMILES string of the molecule is COc1ccccc1N1CCN(C(=O)c2cc(F)c(F)cc2Cl)CC1. The summed E-state index contributed by atoms with van der Waals surface area (Å²) in [6, 6.07) is 9.35. The number of anilines is 1. The second-order valence-corrected chi connectivity index (χ2v) is 6.10. The van der Waals surface area contributed by atoms with Gasteiger partial charge in [0.25, 0.3) is 5.91 Å². The predicted molar refractivity (Wildman–Crippen MR) is 92.5 cm³/mol. The predicted octanol–water partition coefficient (Wildman–Crippen LogP) is 3.59. The van der Waals surface area contributed by atoms with Crippen LogP contribution in [-0.2, 0) is 0 Å². The van der Waals surface area contributed by atoms with Gasteiger partial charge in [0.1, 0.15) is 5.75 Å². The van der Waals surface area contributed by atoms with Crippen LogP contribution in [0, 0.1) is 11.6 Å². The smallest absolute Gasteiger partial charge is 0.255 e. The van der Waals surface area contributed by atoms with E-state index in [9.17, 15) is 13.6 Å². The summed E-state index contributed by atoms with van der Waals surface area (Å²) in [4.78, 5) is 16.3. The first kappa shape index (κ1) is 17.5. The zero-order chi connectivity index (χ0) is 18.0. The lowest BCUT2D eigenvalue weighted by Crippen LogP contribution is -2.49. The van der Waals surface area contributed by atoms with Crippen molar-refractivity contribution in [3.8, 4) is 5.75 Å². The quantitative estimate of drug-likeness (QED) is 0.778. The van der Waals surface area contributed by atoms with Gasteiger partial charge in [0, 0.05) is 26.2 Å². The Bertz CT molecular complexity index is 793. The minimum Gasteiger partial charge on any atom is -0.495 e. The highest BCUT2D eigenvalue weighted by atomic mass is 35.5. The molecule has 4 nitrogen and oxygen atoms in total. The number of halogens is 3. The van der Waals surface area contributed by atoms with Gasteiger partial charge in [0.2, 0.25) is 0 Å². The lowest BCUT2D eigenvalue weighted by atomic mass is 10.1. The lowest BCUT2D eigenvalue weighted by Gasteiger charge is -2.36. The average Bonchev–Trinajstić information content (AvgIpc) is 2.64. The normalized spacial score (nSPS) is 14.6. The van der Waals surface area contributed by atoms with Gasteiger partial charge in [-0.05, 0) is 24.3 Å². The Morgan fingerprint density at radius 2 is 1.72 bits per heavy atom. The molecule has 132 valence electrons. The Morgan fingerprint density at radius 3 is 2.40 bits per heavy atom. The van der Waals surface area contributed by atoms with Gasteiger partial charge in [-0.1, -0.05) is 23.7 Å². The van der Waals surface area contributed by atoms with Gasteiger partial charge in [-0.3, -0.25) is 4.79 Å². The summed E-state index contributed by atoms with van der Waals surface area (Å²) < 4.78 is 32.0. The van der Waals surface area contributed by atoms with Crippen LogP contribution in [0.3, 0.4) is 0 Å². The van der Waals surface area contributed by atoms with Crippen molar-refractivity contribution in [3.05, 3.63) is 58.6 Å². The first-order valence-corrected chi connectivity index (χ1v) is 8.21. The molecule has 0 saturated carbocycles. The number of nitrogens with zero attached hydrogens (tertiary/aromatic N) is 2. The second kappa shape index (κ2) is 7.27. The molecule has 3 rings (SSSR count). The number of carbonyl (C=O) groups excluding carboxylic acids is 1. The van der Waals surface area contributed by atoms with Crippen molar-refractivity contribution in [1.29, 1.82) is 0 Å². The molecule has 0 atom stereocenters. The van der Waals surface area contributed by atoms with Crippen molar-refractivity contribution in [2.75, 3.05) is 38.2 Å². The number of hydrogen-bond donors (Lipinski definition) is 0. The fraction of sp³-hybridized carbons (Fsp3) is 0.278. The lowest BCUT2D eigenvalue weighted by molar-refractivity contribution is 0.0746. The van der Waals surface area contributed by atoms with E-state index in [4.69, 9.17) is 16.3 Å². The van der Waals surface area contributed by atoms with Crippen molar-refractivity contribution in [1.82, 2.24) is 4.90 Å². The van der Waals surface area contributed by atoms with E-state index in [1.165, 1.54) is 0 Å². The summed E-state index contributed by atoms with van der Waals surface area (Å²) in [5.74, 6) is -1.78. The van der Waals surface area contributed by atoms with Gasteiger partial charge in [0.05, 0.1) is 23.4 Å². The molecule has 2 aromatic rings. The molecule has 1 aliphatic heterocycles. The van der Waals surface area contributed by atoms with Gasteiger partial charge in [0.15, 0.2) is 11.6 Å². The number of methoxy groups -OCH3 is 1. The van der Waals surface area contributed by atoms with Crippen LogP contribution in [-0.4, -0.2) is 44.1 Å². The zero-order valence-electron chi connectivity index (χ0n) is 13.6. The highest BCUT2D eigenvalue weighted by Crippen LogP contribution is 2.29. The number of amides is 1. The molecule has 0 aromatic heterocycles. The van der Waals surface area contributed by atoms with Crippen LogP contribution in [0.4, 0.5) is 14.5 Å². The summed E-state index contributed by atoms with van der Waals surface area (Å²) in [6.45, 7) is 2.11. The van der Waals surface area contributed by atoms with Gasteiger partial charge in [-0.15, -0.1) is 0 Å². The van der Waals surface area contributed by atoms with Crippen molar-refractivity contribution in [3.63, 3.8) is 0 Å². The minimum absolute atomic E-state index is 0.0219. The fourth-order valence-corrected chi connectivity index (χ4v) is 3.13. The minimum atomic E-state index is -1.08. The Hall–Kier alpha value is -2.34. The summed E-state index contributed by atoms with van der Waals surface area (Å²) in [5, 5.41) is -0.0870. The molecule has 25 heavy (non-hydrogen) atoms. The van der Waals surface area contributed by atoms with Crippen LogP contribution in [0.25, 0.3) is 0 Å². The Labute approximate surface area is 149 Å². The highest BCUT2D eigenvalue weighted by molar-refractivity contribution is 6.33. The highest BCUT2D eigenvalue weighted by Gasteiger charge is 2.25. The summed E-state index contributed by atoms with van der Waals surface area (Å²) in [5.41, 5.74) is 0.939. The summed E-state index contributed by atoms with van der Waals surface area (Å²) in [7, 11) is 1.61. The van der Waals surface area contributed by atoms with Gasteiger partial charge >= 0.3 is 0 Å². The van der Waals surface area contributed by atoms with Crippen LogP contribution >= 0.6 is 11.6 Å².